The van der Waals surface area contributed by atoms with E-state index < -0.39 is 0 Å². The van der Waals surface area contributed by atoms with Gasteiger partial charge in [-0.15, -0.1) is 11.3 Å². The van der Waals surface area contributed by atoms with Gasteiger partial charge in [0.15, 0.2) is 6.29 Å². The zero-order valence-corrected chi connectivity index (χ0v) is 6.73. The molecule has 1 heterocycles. The average Bonchev–Trinajstić information content (AvgIpc) is 2.26. The van der Waals surface area contributed by atoms with Crippen LogP contribution in [0.15, 0.2) is 0 Å². The van der Waals surface area contributed by atoms with Crippen LogP contribution in [-0.2, 0) is 0 Å². The number of nitrogen functional groups attached to an aromatic ring is 1. The van der Waals surface area contributed by atoms with Crippen molar-refractivity contribution in [1.82, 2.24) is 0 Å². The van der Waals surface area contributed by atoms with Gasteiger partial charge in [-0.3, -0.25) is 4.79 Å². The highest BCUT2D eigenvalue weighted by Gasteiger charge is 2.10. The summed E-state index contributed by atoms with van der Waals surface area (Å²) in [4.78, 5) is 10.9. The number of hydrogen-bond donors (Lipinski definition) is 1. The molecule has 0 saturated carbocycles. The summed E-state index contributed by atoms with van der Waals surface area (Å²) in [6, 6.07) is 1.94. The number of carbonyl (C=O) groups excluding carboxylic acids is 1. The normalized spacial score (nSPS) is 9.09. The zero-order chi connectivity index (χ0) is 8.43. The molecule has 0 unspecified atom stereocenters. The number of anilines is 1. The van der Waals surface area contributed by atoms with E-state index in [-0.39, 0.29) is 0 Å². The van der Waals surface area contributed by atoms with E-state index in [1.165, 1.54) is 0 Å². The fourth-order valence-electron chi connectivity index (χ4n) is 0.805. The second-order valence-electron chi connectivity index (χ2n) is 2.06. The Bertz CT molecular complexity index is 335. The van der Waals surface area contributed by atoms with Crippen LogP contribution in [-0.4, -0.2) is 6.29 Å². The van der Waals surface area contributed by atoms with Gasteiger partial charge in [0.05, 0.1) is 10.4 Å². The van der Waals surface area contributed by atoms with E-state index in [9.17, 15) is 4.79 Å². The summed E-state index contributed by atoms with van der Waals surface area (Å²) in [7, 11) is 0. The molecule has 56 valence electrons. The molecule has 11 heavy (non-hydrogen) atoms. The van der Waals surface area contributed by atoms with Crippen molar-refractivity contribution < 1.29 is 4.79 Å². The van der Waals surface area contributed by atoms with Crippen LogP contribution < -0.4 is 5.73 Å². The van der Waals surface area contributed by atoms with Gasteiger partial charge in [0.25, 0.3) is 0 Å². The van der Waals surface area contributed by atoms with Crippen LogP contribution in [0, 0.1) is 18.3 Å². The molecule has 1 rings (SSSR count). The average molecular weight is 166 g/mol. The third-order valence-corrected chi connectivity index (χ3v) is 2.48. The van der Waals surface area contributed by atoms with Crippen LogP contribution >= 0.6 is 11.3 Å². The third-order valence-electron chi connectivity index (χ3n) is 1.43. The summed E-state index contributed by atoms with van der Waals surface area (Å²) >= 11 is 1.15. The van der Waals surface area contributed by atoms with Gasteiger partial charge < -0.3 is 5.73 Å². The molecule has 0 aliphatic rings. The minimum atomic E-state index is 0.423. The largest absolute Gasteiger partial charge is 0.389 e. The van der Waals surface area contributed by atoms with E-state index in [1.807, 2.05) is 6.07 Å². The predicted molar refractivity (Wildman–Crippen MR) is 43.6 cm³/mol. The lowest BCUT2D eigenvalue weighted by Gasteiger charge is -1.85. The molecule has 0 bridgehead atoms. The third kappa shape index (κ3) is 1.10. The Balaban J connectivity index is 3.39. The lowest BCUT2D eigenvalue weighted by Crippen LogP contribution is -1.84. The number of nitriles is 1. The van der Waals surface area contributed by atoms with Gasteiger partial charge in [-0.2, -0.15) is 5.26 Å². The van der Waals surface area contributed by atoms with Crippen LogP contribution in [0.1, 0.15) is 20.8 Å². The second-order valence-corrected chi connectivity index (χ2v) is 3.14. The molecule has 0 aliphatic carbocycles. The molecule has 3 nitrogen and oxygen atoms in total. The standard InChI is InChI=1S/C7H6N2OS/c1-4-5(2-8)7(9)11-6(4)3-10/h3H,9H2,1H3. The predicted octanol–water partition coefficient (Wildman–Crippen LogP) is 1.32. The van der Waals surface area contributed by atoms with Crippen molar-refractivity contribution in [2.45, 2.75) is 6.92 Å². The van der Waals surface area contributed by atoms with Crippen LogP contribution in [0.5, 0.6) is 0 Å². The number of nitrogens with zero attached hydrogens (tertiary/aromatic N) is 1. The summed E-state index contributed by atoms with van der Waals surface area (Å²) < 4.78 is 0. The van der Waals surface area contributed by atoms with Crippen molar-refractivity contribution in [3.8, 4) is 6.07 Å². The maximum absolute atomic E-state index is 10.4. The molecule has 0 atom stereocenters. The van der Waals surface area contributed by atoms with Gasteiger partial charge >= 0.3 is 0 Å². The first-order chi connectivity index (χ1) is 5.20. The SMILES string of the molecule is Cc1c(C=O)sc(N)c1C#N. The number of thiophene rings is 1. The summed E-state index contributed by atoms with van der Waals surface area (Å²) in [6.45, 7) is 1.72. The maximum Gasteiger partial charge on any atom is 0.160 e. The van der Waals surface area contributed by atoms with Crippen molar-refractivity contribution in [2.24, 2.45) is 0 Å². The Morgan fingerprint density at radius 2 is 2.36 bits per heavy atom. The molecule has 0 amide bonds. The molecule has 0 spiro atoms. The van der Waals surface area contributed by atoms with Gasteiger partial charge in [0.2, 0.25) is 0 Å². The highest BCUT2D eigenvalue weighted by molar-refractivity contribution is 7.17. The molecular weight excluding hydrogens is 160 g/mol. The number of nitrogens with two attached hydrogens (primary N) is 1. The first kappa shape index (κ1) is 7.76. The Labute approximate surface area is 68.1 Å². The van der Waals surface area contributed by atoms with E-state index in [0.717, 1.165) is 17.6 Å². The van der Waals surface area contributed by atoms with Crippen molar-refractivity contribution in [3.63, 3.8) is 0 Å². The number of aldehydes is 1. The maximum atomic E-state index is 10.4. The van der Waals surface area contributed by atoms with E-state index in [1.54, 1.807) is 6.92 Å². The molecule has 4 heteroatoms. The molecule has 2 N–H and O–H groups in total. The topological polar surface area (TPSA) is 66.9 Å². The van der Waals surface area contributed by atoms with Crippen LogP contribution in [0.3, 0.4) is 0 Å². The molecular formula is C7H6N2OS. The number of hydrogen-bond acceptors (Lipinski definition) is 4. The first-order valence-electron chi connectivity index (χ1n) is 2.94. The monoisotopic (exact) mass is 166 g/mol. The Morgan fingerprint density at radius 1 is 1.73 bits per heavy atom. The number of rotatable bonds is 1. The molecule has 0 radical (unpaired) electrons. The van der Waals surface area contributed by atoms with Crippen molar-refractivity contribution in [1.29, 1.82) is 5.26 Å². The van der Waals surface area contributed by atoms with E-state index in [2.05, 4.69) is 0 Å². The Morgan fingerprint density at radius 3 is 2.64 bits per heavy atom. The second kappa shape index (κ2) is 2.72. The van der Waals surface area contributed by atoms with Gasteiger partial charge in [-0.1, -0.05) is 0 Å². The van der Waals surface area contributed by atoms with Crippen molar-refractivity contribution >= 4 is 22.6 Å². The van der Waals surface area contributed by atoms with E-state index in [0.29, 0.717) is 21.0 Å². The Hall–Kier alpha value is -1.34. The van der Waals surface area contributed by atoms with Gasteiger partial charge in [0, 0.05) is 0 Å². The molecule has 0 aliphatic heterocycles. The van der Waals surface area contributed by atoms with E-state index in [4.69, 9.17) is 11.0 Å². The van der Waals surface area contributed by atoms with Crippen molar-refractivity contribution in [3.05, 3.63) is 16.0 Å². The zero-order valence-electron chi connectivity index (χ0n) is 5.92. The lowest BCUT2D eigenvalue weighted by molar-refractivity contribution is 0.112. The lowest BCUT2D eigenvalue weighted by atomic mass is 10.2. The van der Waals surface area contributed by atoms with E-state index >= 15 is 0 Å². The minimum Gasteiger partial charge on any atom is -0.389 e. The Kier molecular flexibility index (Phi) is 1.92. The first-order valence-corrected chi connectivity index (χ1v) is 3.76. The molecule has 0 fully saturated rings. The van der Waals surface area contributed by atoms with Crippen LogP contribution in [0.4, 0.5) is 5.00 Å². The van der Waals surface area contributed by atoms with Gasteiger partial charge in [-0.25, -0.2) is 0 Å². The summed E-state index contributed by atoms with van der Waals surface area (Å²) in [5.41, 5.74) is 6.58. The summed E-state index contributed by atoms with van der Waals surface area (Å²) in [6.07, 6.45) is 0.719. The highest BCUT2D eigenvalue weighted by Crippen LogP contribution is 2.27. The summed E-state index contributed by atoms with van der Waals surface area (Å²) in [5.74, 6) is 0. The molecule has 1 aromatic rings. The molecule has 0 saturated heterocycles. The fraction of sp³-hybridized carbons (Fsp3) is 0.143. The van der Waals surface area contributed by atoms with Crippen LogP contribution in [0.25, 0.3) is 0 Å². The fourth-order valence-corrected chi connectivity index (χ4v) is 1.65. The van der Waals surface area contributed by atoms with Crippen LogP contribution in [0.2, 0.25) is 0 Å². The highest BCUT2D eigenvalue weighted by atomic mass is 32.1. The number of carbonyl (C=O) groups is 1. The molecule has 0 aromatic carbocycles. The quantitative estimate of drug-likeness (QED) is 0.640. The summed E-state index contributed by atoms with van der Waals surface area (Å²) in [5, 5.41) is 8.99. The van der Waals surface area contributed by atoms with Gasteiger partial charge in [-0.05, 0) is 12.5 Å². The smallest absolute Gasteiger partial charge is 0.160 e. The van der Waals surface area contributed by atoms with Gasteiger partial charge in [0.1, 0.15) is 11.1 Å². The molecule has 1 aromatic heterocycles. The minimum absolute atomic E-state index is 0.423. The van der Waals surface area contributed by atoms with Crippen molar-refractivity contribution in [2.75, 3.05) is 5.73 Å².